The summed E-state index contributed by atoms with van der Waals surface area (Å²) < 4.78 is 6.60. The van der Waals surface area contributed by atoms with Gasteiger partial charge < -0.3 is 9.32 Å². The lowest BCUT2D eigenvalue weighted by Gasteiger charge is -2.30. The molecule has 0 fully saturated rings. The second-order valence-corrected chi connectivity index (χ2v) is 16.4. The number of fused-ring (bicyclic) bond motifs is 6. The fourth-order valence-electron chi connectivity index (χ4n) is 9.67. The van der Waals surface area contributed by atoms with Crippen LogP contribution in [0.15, 0.2) is 253 Å². The van der Waals surface area contributed by atoms with Crippen LogP contribution in [-0.2, 0) is 0 Å². The van der Waals surface area contributed by atoms with Gasteiger partial charge in [0, 0.05) is 27.7 Å². The number of para-hydroxylation sites is 1. The lowest BCUT2D eigenvalue weighted by atomic mass is 9.87. The van der Waals surface area contributed by atoms with Crippen molar-refractivity contribution in [1.29, 1.82) is 0 Å². The molecule has 0 saturated carbocycles. The van der Waals surface area contributed by atoms with E-state index in [0.717, 1.165) is 61.3 Å². The maximum atomic E-state index is 6.60. The molecule has 0 bridgehead atoms. The van der Waals surface area contributed by atoms with Crippen molar-refractivity contribution in [1.82, 2.24) is 0 Å². The molecule has 12 rings (SSSR count). The van der Waals surface area contributed by atoms with Crippen molar-refractivity contribution in [3.63, 3.8) is 0 Å². The molecule has 0 amide bonds. The van der Waals surface area contributed by atoms with E-state index in [2.05, 4.69) is 248 Å². The first-order chi connectivity index (χ1) is 31.7. The van der Waals surface area contributed by atoms with E-state index in [9.17, 15) is 0 Å². The van der Waals surface area contributed by atoms with Gasteiger partial charge in [-0.25, -0.2) is 0 Å². The summed E-state index contributed by atoms with van der Waals surface area (Å²) in [6, 6.07) is 89.8. The van der Waals surface area contributed by atoms with Crippen LogP contribution in [0.4, 0.5) is 17.1 Å². The highest BCUT2D eigenvalue weighted by Crippen LogP contribution is 2.49. The summed E-state index contributed by atoms with van der Waals surface area (Å²) >= 11 is 0. The van der Waals surface area contributed by atoms with Gasteiger partial charge in [0.15, 0.2) is 0 Å². The van der Waals surface area contributed by atoms with E-state index in [1.54, 1.807) is 0 Å². The first-order valence-electron chi connectivity index (χ1n) is 21.9. The van der Waals surface area contributed by atoms with Crippen LogP contribution in [0, 0.1) is 0 Å². The van der Waals surface area contributed by atoms with E-state index in [1.165, 1.54) is 54.9 Å². The van der Waals surface area contributed by atoms with Crippen molar-refractivity contribution in [2.45, 2.75) is 0 Å². The zero-order valence-electron chi connectivity index (χ0n) is 35.0. The van der Waals surface area contributed by atoms with Crippen LogP contribution >= 0.6 is 0 Å². The van der Waals surface area contributed by atoms with Crippen molar-refractivity contribution in [3.05, 3.63) is 249 Å². The monoisotopic (exact) mass is 815 g/mol. The minimum absolute atomic E-state index is 0.864. The van der Waals surface area contributed by atoms with E-state index in [-0.39, 0.29) is 0 Å². The molecule has 64 heavy (non-hydrogen) atoms. The quantitative estimate of drug-likeness (QED) is 0.142. The Morgan fingerprint density at radius 3 is 1.48 bits per heavy atom. The molecule has 0 aliphatic heterocycles. The molecule has 11 aromatic carbocycles. The van der Waals surface area contributed by atoms with Crippen LogP contribution in [0.2, 0.25) is 0 Å². The Balaban J connectivity index is 1.11. The number of anilines is 3. The van der Waals surface area contributed by atoms with E-state index in [0.29, 0.717) is 0 Å². The molecule has 0 aliphatic rings. The number of hydrogen-bond acceptors (Lipinski definition) is 2. The normalized spacial score (nSPS) is 11.4. The predicted molar refractivity (Wildman–Crippen MR) is 271 cm³/mol. The van der Waals surface area contributed by atoms with Gasteiger partial charge in [-0.3, -0.25) is 0 Å². The topological polar surface area (TPSA) is 16.4 Å². The number of benzene rings is 11. The summed E-state index contributed by atoms with van der Waals surface area (Å²) in [5.74, 6) is 0. The highest BCUT2D eigenvalue weighted by atomic mass is 16.3. The van der Waals surface area contributed by atoms with Crippen molar-refractivity contribution in [2.24, 2.45) is 0 Å². The third-order valence-corrected chi connectivity index (χ3v) is 12.7. The van der Waals surface area contributed by atoms with Gasteiger partial charge in [-0.15, -0.1) is 0 Å². The van der Waals surface area contributed by atoms with Gasteiger partial charge in [-0.1, -0.05) is 194 Å². The van der Waals surface area contributed by atoms with E-state index in [1.807, 2.05) is 6.07 Å². The summed E-state index contributed by atoms with van der Waals surface area (Å²) in [5, 5.41) is 7.13. The van der Waals surface area contributed by atoms with Crippen molar-refractivity contribution in [3.8, 4) is 55.6 Å². The molecule has 1 aromatic heterocycles. The Kier molecular flexibility index (Phi) is 9.20. The molecule has 12 aromatic rings. The number of nitrogens with zero attached hydrogens (tertiary/aromatic N) is 1. The fourth-order valence-corrected chi connectivity index (χ4v) is 9.67. The van der Waals surface area contributed by atoms with Crippen molar-refractivity contribution < 1.29 is 4.42 Å². The third kappa shape index (κ3) is 6.52. The Bertz CT molecular complexity index is 3640. The molecule has 2 heteroatoms. The fraction of sp³-hybridized carbons (Fsp3) is 0. The smallest absolute Gasteiger partial charge is 0.136 e. The Labute approximate surface area is 372 Å². The van der Waals surface area contributed by atoms with Gasteiger partial charge in [-0.05, 0) is 126 Å². The number of rotatable bonds is 8. The summed E-state index contributed by atoms with van der Waals surface area (Å²) in [7, 11) is 0. The lowest BCUT2D eigenvalue weighted by Crippen LogP contribution is -2.12. The highest BCUT2D eigenvalue weighted by Gasteiger charge is 2.23. The van der Waals surface area contributed by atoms with Crippen LogP contribution in [0.1, 0.15) is 0 Å². The maximum absolute atomic E-state index is 6.60. The number of hydrogen-bond donors (Lipinski definition) is 0. The zero-order valence-corrected chi connectivity index (χ0v) is 35.0. The summed E-state index contributed by atoms with van der Waals surface area (Å²) in [4.78, 5) is 2.42. The molecule has 0 aliphatic carbocycles. The van der Waals surface area contributed by atoms with Gasteiger partial charge >= 0.3 is 0 Å². The molecule has 0 spiro atoms. The first kappa shape index (κ1) is 37.3. The molecule has 0 unspecified atom stereocenters. The lowest BCUT2D eigenvalue weighted by molar-refractivity contribution is 0.669. The van der Waals surface area contributed by atoms with Gasteiger partial charge in [0.2, 0.25) is 0 Å². The molecule has 0 N–H and O–H groups in total. The second-order valence-electron chi connectivity index (χ2n) is 16.4. The van der Waals surface area contributed by atoms with Crippen LogP contribution < -0.4 is 4.90 Å². The highest BCUT2D eigenvalue weighted by molar-refractivity contribution is 6.16. The van der Waals surface area contributed by atoms with Crippen molar-refractivity contribution in [2.75, 3.05) is 4.90 Å². The van der Waals surface area contributed by atoms with Gasteiger partial charge in [0.05, 0.1) is 5.69 Å². The van der Waals surface area contributed by atoms with E-state index in [4.69, 9.17) is 4.42 Å². The van der Waals surface area contributed by atoms with Crippen LogP contribution in [-0.4, -0.2) is 0 Å². The minimum Gasteiger partial charge on any atom is -0.456 e. The Morgan fingerprint density at radius 2 is 0.766 bits per heavy atom. The van der Waals surface area contributed by atoms with Crippen LogP contribution in [0.5, 0.6) is 0 Å². The predicted octanol–water partition coefficient (Wildman–Crippen LogP) is 17.7. The van der Waals surface area contributed by atoms with Crippen LogP contribution in [0.25, 0.3) is 99.1 Å². The van der Waals surface area contributed by atoms with Crippen LogP contribution in [0.3, 0.4) is 0 Å². The Hall–Kier alpha value is -8.46. The first-order valence-corrected chi connectivity index (χ1v) is 21.9. The molecule has 1 heterocycles. The standard InChI is InChI=1S/C62H41NO/c1-3-16-42(17-4-1)43-30-35-48(36-31-43)63(49-37-32-45(33-38-49)51-22-10-9-21-50(51)44-18-5-2-6-19-44)59-28-15-27-57(58-40-46-20-7-8-23-52(46)53-24-11-12-25-54(53)58)62(59)47-34-39-56-55-26-13-14-29-60(55)64-61(56)41-47/h1-41H. The molecular weight excluding hydrogens is 775 g/mol. The Morgan fingerprint density at radius 1 is 0.266 bits per heavy atom. The van der Waals surface area contributed by atoms with Gasteiger partial charge in [0.25, 0.3) is 0 Å². The summed E-state index contributed by atoms with van der Waals surface area (Å²) in [6.45, 7) is 0. The zero-order chi connectivity index (χ0) is 42.4. The molecule has 0 atom stereocenters. The summed E-state index contributed by atoms with van der Waals surface area (Å²) in [5.41, 5.74) is 16.6. The summed E-state index contributed by atoms with van der Waals surface area (Å²) in [6.07, 6.45) is 0. The van der Waals surface area contributed by atoms with E-state index >= 15 is 0 Å². The molecule has 2 nitrogen and oxygen atoms in total. The van der Waals surface area contributed by atoms with Crippen molar-refractivity contribution >= 4 is 60.5 Å². The van der Waals surface area contributed by atoms with E-state index < -0.39 is 0 Å². The largest absolute Gasteiger partial charge is 0.456 e. The average molecular weight is 816 g/mol. The van der Waals surface area contributed by atoms with Gasteiger partial charge in [0.1, 0.15) is 11.2 Å². The molecule has 300 valence electrons. The molecular formula is C62H41NO. The maximum Gasteiger partial charge on any atom is 0.136 e. The SMILES string of the molecule is c1ccc(-c2ccc(N(c3ccc(-c4ccccc4-c4ccccc4)cc3)c3cccc(-c4cc5ccccc5c5ccccc45)c3-c3ccc4c(c3)oc3ccccc34)cc2)cc1. The molecule has 0 radical (unpaired) electrons. The number of furan rings is 1. The average Bonchev–Trinajstić information content (AvgIpc) is 3.75. The minimum atomic E-state index is 0.864. The molecule has 0 saturated heterocycles. The third-order valence-electron chi connectivity index (χ3n) is 12.7. The van der Waals surface area contributed by atoms with Gasteiger partial charge in [-0.2, -0.15) is 0 Å². The second kappa shape index (κ2) is 15.8.